The van der Waals surface area contributed by atoms with E-state index in [1.807, 2.05) is 6.92 Å². The van der Waals surface area contributed by atoms with Crippen LogP contribution in [0.1, 0.15) is 12.5 Å². The summed E-state index contributed by atoms with van der Waals surface area (Å²) in [5, 5.41) is 5.87. The lowest BCUT2D eigenvalue weighted by atomic mass is 10.2. The van der Waals surface area contributed by atoms with Crippen LogP contribution in [0, 0.1) is 0 Å². The fourth-order valence-corrected chi connectivity index (χ4v) is 2.24. The van der Waals surface area contributed by atoms with Gasteiger partial charge in [0.1, 0.15) is 0 Å². The Morgan fingerprint density at radius 2 is 2.22 bits per heavy atom. The maximum Gasteiger partial charge on any atom is 0.319 e. The van der Waals surface area contributed by atoms with Crippen LogP contribution in [-0.4, -0.2) is 24.7 Å². The minimum Gasteiger partial charge on any atom is -0.493 e. The van der Waals surface area contributed by atoms with Gasteiger partial charge in [0.25, 0.3) is 0 Å². The number of nitrogens with one attached hydrogen (secondary N) is 2. The normalized spacial score (nSPS) is 10.0. The lowest BCUT2D eigenvalue weighted by molar-refractivity contribution is 0.251. The zero-order chi connectivity index (χ0) is 16.7. The summed E-state index contributed by atoms with van der Waals surface area (Å²) in [6.45, 7) is 2.66. The van der Waals surface area contributed by atoms with E-state index in [9.17, 15) is 4.79 Å². The molecule has 2 N–H and O–H groups in total. The standard InChI is InChI=1S/C16H18ClN3O3/c1-3-23-15-13(17)7-11(8-14(15)22-2)9-19-16(21)20-12-5-4-6-18-10-12/h4-8,10H,3,9H2,1-2H3,(H2,19,20,21). The number of urea groups is 1. The summed E-state index contributed by atoms with van der Waals surface area (Å²) in [6.07, 6.45) is 3.20. The molecule has 0 unspecified atom stereocenters. The summed E-state index contributed by atoms with van der Waals surface area (Å²) in [5.41, 5.74) is 1.42. The molecule has 122 valence electrons. The number of aromatic nitrogens is 1. The van der Waals surface area contributed by atoms with Gasteiger partial charge in [0.15, 0.2) is 11.5 Å². The molecule has 6 nitrogen and oxygen atoms in total. The van der Waals surface area contributed by atoms with Crippen LogP contribution in [0.5, 0.6) is 11.5 Å². The Morgan fingerprint density at radius 1 is 1.39 bits per heavy atom. The molecule has 0 saturated carbocycles. The van der Waals surface area contributed by atoms with Gasteiger partial charge in [0.2, 0.25) is 0 Å². The van der Waals surface area contributed by atoms with Crippen molar-refractivity contribution in [3.05, 3.63) is 47.2 Å². The monoisotopic (exact) mass is 335 g/mol. The van der Waals surface area contributed by atoms with Gasteiger partial charge in [-0.1, -0.05) is 11.6 Å². The van der Waals surface area contributed by atoms with Crippen LogP contribution in [0.4, 0.5) is 10.5 Å². The maximum absolute atomic E-state index is 11.9. The molecule has 2 aromatic rings. The number of hydrogen-bond acceptors (Lipinski definition) is 4. The van der Waals surface area contributed by atoms with E-state index in [1.165, 1.54) is 0 Å². The molecule has 0 fully saturated rings. The van der Waals surface area contributed by atoms with Crippen molar-refractivity contribution in [1.82, 2.24) is 10.3 Å². The van der Waals surface area contributed by atoms with Crippen molar-refractivity contribution in [3.63, 3.8) is 0 Å². The van der Waals surface area contributed by atoms with Crippen molar-refractivity contribution in [2.75, 3.05) is 19.0 Å². The van der Waals surface area contributed by atoms with Gasteiger partial charge < -0.3 is 20.1 Å². The molecule has 1 heterocycles. The largest absolute Gasteiger partial charge is 0.493 e. The fraction of sp³-hybridized carbons (Fsp3) is 0.250. The molecule has 0 spiro atoms. The van der Waals surface area contributed by atoms with E-state index >= 15 is 0 Å². The van der Waals surface area contributed by atoms with Gasteiger partial charge in [-0.25, -0.2) is 4.79 Å². The second-order valence-corrected chi connectivity index (χ2v) is 5.00. The number of nitrogens with zero attached hydrogens (tertiary/aromatic N) is 1. The predicted octanol–water partition coefficient (Wildman–Crippen LogP) is 3.46. The summed E-state index contributed by atoms with van der Waals surface area (Å²) < 4.78 is 10.7. The lowest BCUT2D eigenvalue weighted by Gasteiger charge is -2.13. The molecule has 0 aliphatic carbocycles. The number of ether oxygens (including phenoxy) is 2. The first-order chi connectivity index (χ1) is 11.1. The number of halogens is 1. The summed E-state index contributed by atoms with van der Waals surface area (Å²) >= 11 is 6.20. The number of hydrogen-bond donors (Lipinski definition) is 2. The lowest BCUT2D eigenvalue weighted by Crippen LogP contribution is -2.28. The number of carbonyl (C=O) groups excluding carboxylic acids is 1. The molecule has 0 saturated heterocycles. The quantitative estimate of drug-likeness (QED) is 0.848. The number of methoxy groups -OCH3 is 1. The highest BCUT2D eigenvalue weighted by atomic mass is 35.5. The van der Waals surface area contributed by atoms with Crippen LogP contribution in [0.3, 0.4) is 0 Å². The zero-order valence-corrected chi connectivity index (χ0v) is 13.7. The van der Waals surface area contributed by atoms with Gasteiger partial charge in [-0.2, -0.15) is 0 Å². The van der Waals surface area contributed by atoms with Gasteiger partial charge >= 0.3 is 6.03 Å². The van der Waals surface area contributed by atoms with Crippen molar-refractivity contribution in [1.29, 1.82) is 0 Å². The molecule has 1 aromatic heterocycles. The van der Waals surface area contributed by atoms with Crippen molar-refractivity contribution in [3.8, 4) is 11.5 Å². The highest BCUT2D eigenvalue weighted by Gasteiger charge is 2.12. The van der Waals surface area contributed by atoms with Crippen LogP contribution >= 0.6 is 11.6 Å². The molecule has 0 radical (unpaired) electrons. The Kier molecular flexibility index (Phi) is 6.05. The van der Waals surface area contributed by atoms with E-state index in [-0.39, 0.29) is 6.03 Å². The first-order valence-electron chi connectivity index (χ1n) is 7.08. The third-order valence-corrected chi connectivity index (χ3v) is 3.23. The number of benzene rings is 1. The summed E-state index contributed by atoms with van der Waals surface area (Å²) in [6, 6.07) is 6.68. The van der Waals surface area contributed by atoms with Gasteiger partial charge in [-0.15, -0.1) is 0 Å². The Labute approximate surface area is 139 Å². The molecule has 2 amide bonds. The van der Waals surface area contributed by atoms with E-state index in [1.54, 1.807) is 43.8 Å². The Hall–Kier alpha value is -2.47. The molecule has 7 heteroatoms. The van der Waals surface area contributed by atoms with Crippen molar-refractivity contribution >= 4 is 23.3 Å². The van der Waals surface area contributed by atoms with E-state index < -0.39 is 0 Å². The first kappa shape index (κ1) is 16.9. The molecule has 23 heavy (non-hydrogen) atoms. The number of amides is 2. The third kappa shape index (κ3) is 4.75. The zero-order valence-electron chi connectivity index (χ0n) is 12.9. The minimum atomic E-state index is -0.332. The first-order valence-corrected chi connectivity index (χ1v) is 7.46. The van der Waals surface area contributed by atoms with E-state index in [4.69, 9.17) is 21.1 Å². The topological polar surface area (TPSA) is 72.5 Å². The average Bonchev–Trinajstić information content (AvgIpc) is 2.56. The second-order valence-electron chi connectivity index (χ2n) is 4.59. The van der Waals surface area contributed by atoms with E-state index in [0.29, 0.717) is 35.4 Å². The number of anilines is 1. The molecule has 0 bridgehead atoms. The van der Waals surface area contributed by atoms with Gasteiger partial charge in [-0.05, 0) is 36.8 Å². The molecule has 0 atom stereocenters. The van der Waals surface area contributed by atoms with Crippen LogP contribution < -0.4 is 20.1 Å². The Bertz CT molecular complexity index is 665. The minimum absolute atomic E-state index is 0.300. The van der Waals surface area contributed by atoms with E-state index in [2.05, 4.69) is 15.6 Å². The Morgan fingerprint density at radius 3 is 2.87 bits per heavy atom. The van der Waals surface area contributed by atoms with Crippen LogP contribution in [0.25, 0.3) is 0 Å². The van der Waals surface area contributed by atoms with Gasteiger partial charge in [-0.3, -0.25) is 4.98 Å². The number of carbonyl (C=O) groups is 1. The average molecular weight is 336 g/mol. The predicted molar refractivity (Wildman–Crippen MR) is 89.3 cm³/mol. The molecule has 0 aliphatic heterocycles. The van der Waals surface area contributed by atoms with E-state index in [0.717, 1.165) is 5.56 Å². The third-order valence-electron chi connectivity index (χ3n) is 2.95. The smallest absolute Gasteiger partial charge is 0.319 e. The molecular formula is C16H18ClN3O3. The summed E-state index contributed by atoms with van der Waals surface area (Å²) in [7, 11) is 1.54. The summed E-state index contributed by atoms with van der Waals surface area (Å²) in [5.74, 6) is 1.03. The molecule has 0 aliphatic rings. The van der Waals surface area contributed by atoms with Crippen LogP contribution in [0.2, 0.25) is 5.02 Å². The van der Waals surface area contributed by atoms with Crippen LogP contribution in [0.15, 0.2) is 36.7 Å². The molecule has 1 aromatic carbocycles. The maximum atomic E-state index is 11.9. The highest BCUT2D eigenvalue weighted by Crippen LogP contribution is 2.36. The second kappa shape index (κ2) is 8.24. The van der Waals surface area contributed by atoms with Crippen molar-refractivity contribution < 1.29 is 14.3 Å². The molecular weight excluding hydrogens is 318 g/mol. The SMILES string of the molecule is CCOc1c(Cl)cc(CNC(=O)Nc2cccnc2)cc1OC. The van der Waals surface area contributed by atoms with Crippen molar-refractivity contribution in [2.24, 2.45) is 0 Å². The van der Waals surface area contributed by atoms with Gasteiger partial charge in [0, 0.05) is 12.7 Å². The number of rotatable bonds is 6. The highest BCUT2D eigenvalue weighted by molar-refractivity contribution is 6.32. The Balaban J connectivity index is 2.00. The van der Waals surface area contributed by atoms with Gasteiger partial charge in [0.05, 0.1) is 30.6 Å². The fourth-order valence-electron chi connectivity index (χ4n) is 1.95. The van der Waals surface area contributed by atoms with Crippen molar-refractivity contribution in [2.45, 2.75) is 13.5 Å². The number of pyridine rings is 1. The molecule has 2 rings (SSSR count). The van der Waals surface area contributed by atoms with Crippen LogP contribution in [-0.2, 0) is 6.54 Å². The summed E-state index contributed by atoms with van der Waals surface area (Å²) in [4.78, 5) is 15.8.